The lowest BCUT2D eigenvalue weighted by Gasteiger charge is -2.04. The second-order valence-corrected chi connectivity index (χ2v) is 4.87. The van der Waals surface area contributed by atoms with Crippen LogP contribution in [0.1, 0.15) is 23.7 Å². The first kappa shape index (κ1) is 13.5. The van der Waals surface area contributed by atoms with Crippen LogP contribution in [0.25, 0.3) is 0 Å². The topological polar surface area (TPSA) is 88.0 Å². The third-order valence-corrected chi connectivity index (χ3v) is 3.40. The molecule has 1 aromatic heterocycles. The maximum Gasteiger partial charge on any atom is 0.438 e. The minimum absolute atomic E-state index is 0.0275. The Hall–Kier alpha value is -2.51. The smallest absolute Gasteiger partial charge is 0.348 e. The zero-order chi connectivity index (χ0) is 15.0. The van der Waals surface area contributed by atoms with Gasteiger partial charge in [0.05, 0.1) is 6.54 Å². The van der Waals surface area contributed by atoms with Crippen LogP contribution in [0.5, 0.6) is 0 Å². The fourth-order valence-electron chi connectivity index (χ4n) is 2.27. The molecule has 8 heteroatoms. The Morgan fingerprint density at radius 2 is 2.29 bits per heavy atom. The average Bonchev–Trinajstić information content (AvgIpc) is 3.11. The first-order chi connectivity index (χ1) is 10.0. The molecule has 0 aliphatic heterocycles. The van der Waals surface area contributed by atoms with Crippen LogP contribution in [-0.2, 0) is 11.3 Å². The van der Waals surface area contributed by atoms with Crippen molar-refractivity contribution in [2.24, 2.45) is 5.92 Å². The highest BCUT2D eigenvalue weighted by atomic mass is 19.1. The van der Waals surface area contributed by atoms with Crippen molar-refractivity contribution in [2.45, 2.75) is 18.9 Å². The second kappa shape index (κ2) is 5.12. The Kier molecular flexibility index (Phi) is 3.28. The molecule has 2 atom stereocenters. The monoisotopic (exact) mass is 295 g/mol. The van der Waals surface area contributed by atoms with Crippen LogP contribution in [0.15, 0.2) is 27.5 Å². The van der Waals surface area contributed by atoms with Crippen molar-refractivity contribution in [3.63, 3.8) is 0 Å². The summed E-state index contributed by atoms with van der Waals surface area (Å²) in [6, 6.07) is 3.34. The van der Waals surface area contributed by atoms with E-state index < -0.39 is 17.4 Å². The molecular formula is C13H11F2N3O3. The highest BCUT2D eigenvalue weighted by Gasteiger charge is 2.45. The van der Waals surface area contributed by atoms with Gasteiger partial charge in [-0.2, -0.15) is 0 Å². The molecule has 2 N–H and O–H groups in total. The van der Waals surface area contributed by atoms with E-state index in [2.05, 4.69) is 20.0 Å². The Morgan fingerprint density at radius 1 is 1.48 bits per heavy atom. The number of carbonyl (C=O) groups excluding carboxylic acids is 1. The number of benzene rings is 1. The quantitative estimate of drug-likeness (QED) is 0.883. The molecule has 1 saturated carbocycles. The second-order valence-electron chi connectivity index (χ2n) is 4.87. The largest absolute Gasteiger partial charge is 0.438 e. The van der Waals surface area contributed by atoms with Gasteiger partial charge in [0, 0.05) is 12.0 Å². The lowest BCUT2D eigenvalue weighted by atomic mass is 10.1. The summed E-state index contributed by atoms with van der Waals surface area (Å²) in [6.45, 7) is 0.0275. The minimum Gasteiger partial charge on any atom is -0.348 e. The molecule has 6 nitrogen and oxygen atoms in total. The summed E-state index contributed by atoms with van der Waals surface area (Å²) >= 11 is 0. The van der Waals surface area contributed by atoms with E-state index in [1.165, 1.54) is 12.1 Å². The predicted molar refractivity (Wildman–Crippen MR) is 66.2 cm³/mol. The van der Waals surface area contributed by atoms with Crippen molar-refractivity contribution in [2.75, 3.05) is 0 Å². The standard InChI is InChI=1S/C13H11F2N3O3/c14-6-1-2-7(10(15)3-6)8-4-9(8)12(19)16-5-11-17-13(20)21-18-11/h1-3,8-9H,4-5H2,(H,16,19)(H,17,18,20)/t8-,9+/m0/s1. The number of hydrogen-bond donors (Lipinski definition) is 2. The van der Waals surface area contributed by atoms with Crippen LogP contribution >= 0.6 is 0 Å². The summed E-state index contributed by atoms with van der Waals surface area (Å²) in [4.78, 5) is 24.9. The van der Waals surface area contributed by atoms with E-state index in [9.17, 15) is 18.4 Å². The molecule has 3 rings (SSSR count). The van der Waals surface area contributed by atoms with E-state index in [0.717, 1.165) is 6.07 Å². The lowest BCUT2D eigenvalue weighted by molar-refractivity contribution is -0.122. The molecule has 0 unspecified atom stereocenters. The molecule has 21 heavy (non-hydrogen) atoms. The summed E-state index contributed by atoms with van der Waals surface area (Å²) in [5, 5.41) is 5.99. The number of rotatable bonds is 4. The molecule has 0 spiro atoms. The van der Waals surface area contributed by atoms with Gasteiger partial charge < -0.3 is 5.32 Å². The fraction of sp³-hybridized carbons (Fsp3) is 0.308. The van der Waals surface area contributed by atoms with E-state index >= 15 is 0 Å². The molecule has 1 aliphatic carbocycles. The number of H-pyrrole nitrogens is 1. The van der Waals surface area contributed by atoms with Gasteiger partial charge in [0.15, 0.2) is 5.82 Å². The molecule has 1 amide bonds. The summed E-state index contributed by atoms with van der Waals surface area (Å²) in [5.74, 6) is -2.66. The van der Waals surface area contributed by atoms with Crippen LogP contribution in [0.4, 0.5) is 8.78 Å². The van der Waals surface area contributed by atoms with E-state index in [0.29, 0.717) is 12.0 Å². The zero-order valence-electron chi connectivity index (χ0n) is 10.7. The van der Waals surface area contributed by atoms with Crippen molar-refractivity contribution < 1.29 is 18.1 Å². The van der Waals surface area contributed by atoms with Gasteiger partial charge in [-0.3, -0.25) is 14.3 Å². The van der Waals surface area contributed by atoms with E-state index in [1.54, 1.807) is 0 Å². The Morgan fingerprint density at radius 3 is 2.95 bits per heavy atom. The molecular weight excluding hydrogens is 284 g/mol. The minimum atomic E-state index is -0.697. The molecule has 1 heterocycles. The van der Waals surface area contributed by atoms with Gasteiger partial charge in [-0.05, 0) is 24.0 Å². The number of carbonyl (C=O) groups is 1. The van der Waals surface area contributed by atoms with Crippen LogP contribution < -0.4 is 11.1 Å². The van der Waals surface area contributed by atoms with Crippen molar-refractivity contribution >= 4 is 5.91 Å². The number of aromatic amines is 1. The Bertz CT molecular complexity index is 740. The van der Waals surface area contributed by atoms with Crippen molar-refractivity contribution in [1.29, 1.82) is 0 Å². The SMILES string of the molecule is O=C(NCc1noc(=O)[nH]1)[C@@H]1C[C@H]1c1ccc(F)cc1F. The van der Waals surface area contributed by atoms with E-state index in [-0.39, 0.29) is 30.1 Å². The van der Waals surface area contributed by atoms with Crippen LogP contribution in [0.2, 0.25) is 0 Å². The third kappa shape index (κ3) is 2.83. The number of nitrogens with one attached hydrogen (secondary N) is 2. The maximum absolute atomic E-state index is 13.6. The van der Waals surface area contributed by atoms with E-state index in [1.807, 2.05) is 0 Å². The molecule has 2 aromatic rings. The molecule has 0 saturated heterocycles. The van der Waals surface area contributed by atoms with Gasteiger partial charge in [0.25, 0.3) is 0 Å². The van der Waals surface area contributed by atoms with Crippen LogP contribution in [-0.4, -0.2) is 16.0 Å². The summed E-state index contributed by atoms with van der Waals surface area (Å²) in [5.41, 5.74) is 0.339. The summed E-state index contributed by atoms with van der Waals surface area (Å²) in [7, 11) is 0. The molecule has 0 radical (unpaired) electrons. The van der Waals surface area contributed by atoms with Crippen molar-refractivity contribution in [3.05, 3.63) is 51.8 Å². The highest BCUT2D eigenvalue weighted by molar-refractivity contribution is 5.82. The Labute approximate surface area is 117 Å². The molecule has 0 bridgehead atoms. The van der Waals surface area contributed by atoms with Crippen molar-refractivity contribution in [1.82, 2.24) is 15.5 Å². The summed E-state index contributed by atoms with van der Waals surface area (Å²) in [6.07, 6.45) is 0.504. The van der Waals surface area contributed by atoms with Gasteiger partial charge in [-0.15, -0.1) is 0 Å². The zero-order valence-corrected chi connectivity index (χ0v) is 10.7. The fourth-order valence-corrected chi connectivity index (χ4v) is 2.27. The Balaban J connectivity index is 1.59. The van der Waals surface area contributed by atoms with E-state index in [4.69, 9.17) is 0 Å². The first-order valence-electron chi connectivity index (χ1n) is 6.32. The lowest BCUT2D eigenvalue weighted by Crippen LogP contribution is -2.25. The molecule has 1 aliphatic rings. The average molecular weight is 295 g/mol. The van der Waals surface area contributed by atoms with Gasteiger partial charge >= 0.3 is 5.76 Å². The maximum atomic E-state index is 13.6. The number of aromatic nitrogens is 2. The van der Waals surface area contributed by atoms with Gasteiger partial charge in [0.1, 0.15) is 11.6 Å². The normalized spacial score (nSPS) is 20.3. The number of halogens is 2. The number of hydrogen-bond acceptors (Lipinski definition) is 4. The number of nitrogens with zero attached hydrogens (tertiary/aromatic N) is 1. The van der Waals surface area contributed by atoms with Crippen LogP contribution in [0, 0.1) is 17.6 Å². The molecule has 1 fully saturated rings. The number of amides is 1. The van der Waals surface area contributed by atoms with Gasteiger partial charge in [-0.1, -0.05) is 11.2 Å². The summed E-state index contributed by atoms with van der Waals surface area (Å²) < 4.78 is 30.7. The predicted octanol–water partition coefficient (Wildman–Crippen LogP) is 1.06. The molecule has 1 aromatic carbocycles. The highest BCUT2D eigenvalue weighted by Crippen LogP contribution is 2.48. The van der Waals surface area contributed by atoms with Gasteiger partial charge in [-0.25, -0.2) is 13.6 Å². The third-order valence-electron chi connectivity index (χ3n) is 3.40. The first-order valence-corrected chi connectivity index (χ1v) is 6.32. The van der Waals surface area contributed by atoms with Crippen LogP contribution in [0.3, 0.4) is 0 Å². The molecule has 110 valence electrons. The van der Waals surface area contributed by atoms with Gasteiger partial charge in [0.2, 0.25) is 5.91 Å². The van der Waals surface area contributed by atoms with Crippen molar-refractivity contribution in [3.8, 4) is 0 Å².